The molecule has 0 aromatic heterocycles. The molecule has 0 saturated heterocycles. The number of sulfone groups is 1. The van der Waals surface area contributed by atoms with Crippen molar-refractivity contribution in [2.24, 2.45) is 0 Å². The highest BCUT2D eigenvalue weighted by Crippen LogP contribution is 2.21. The zero-order chi connectivity index (χ0) is 11.4. The molecule has 0 aliphatic carbocycles. The van der Waals surface area contributed by atoms with Gasteiger partial charge in [-0.3, -0.25) is 4.79 Å². The minimum Gasteiger partial charge on any atom is -0.300 e. The van der Waals surface area contributed by atoms with E-state index in [1.165, 1.54) is 0 Å². The average molecular weight is 232 g/mol. The predicted molar refractivity (Wildman–Crippen MR) is 44.6 cm³/mol. The van der Waals surface area contributed by atoms with Crippen molar-refractivity contribution >= 4 is 15.6 Å². The Morgan fingerprint density at radius 1 is 1.21 bits per heavy atom. The molecular weight excluding hydrogens is 221 g/mol. The summed E-state index contributed by atoms with van der Waals surface area (Å²) < 4.78 is 56.0. The largest absolute Gasteiger partial charge is 0.389 e. The van der Waals surface area contributed by atoms with Crippen LogP contribution in [0.5, 0.6) is 0 Å². The number of carbonyl (C=O) groups excluding carboxylic acids is 1. The Morgan fingerprint density at radius 2 is 1.71 bits per heavy atom. The summed E-state index contributed by atoms with van der Waals surface area (Å²) in [5.41, 5.74) is 0. The highest BCUT2D eigenvalue weighted by molar-refractivity contribution is 7.90. The average Bonchev–Trinajstić information content (AvgIpc) is 1.94. The van der Waals surface area contributed by atoms with Gasteiger partial charge in [0.1, 0.15) is 15.6 Å². The second-order valence-corrected chi connectivity index (χ2v) is 5.29. The number of hydrogen-bond acceptors (Lipinski definition) is 3. The molecule has 0 fully saturated rings. The second kappa shape index (κ2) is 4.77. The molecule has 0 aliphatic rings. The van der Waals surface area contributed by atoms with Crippen molar-refractivity contribution in [3.8, 4) is 0 Å². The molecule has 0 unspecified atom stereocenters. The van der Waals surface area contributed by atoms with Gasteiger partial charge in [-0.1, -0.05) is 0 Å². The van der Waals surface area contributed by atoms with Crippen LogP contribution >= 0.6 is 0 Å². The van der Waals surface area contributed by atoms with Gasteiger partial charge in [0.15, 0.2) is 0 Å². The van der Waals surface area contributed by atoms with E-state index < -0.39 is 34.6 Å². The molecule has 0 spiro atoms. The van der Waals surface area contributed by atoms with Crippen LogP contribution in [0.15, 0.2) is 0 Å². The van der Waals surface area contributed by atoms with Crippen LogP contribution in [-0.2, 0) is 14.6 Å². The number of ketones is 1. The normalized spacial score (nSPS) is 12.9. The molecule has 0 aliphatic heterocycles. The molecule has 0 heterocycles. The summed E-state index contributed by atoms with van der Waals surface area (Å²) in [6.45, 7) is 0. The topological polar surface area (TPSA) is 51.2 Å². The molecule has 14 heavy (non-hydrogen) atoms. The molecule has 0 amide bonds. The fourth-order valence-corrected chi connectivity index (χ4v) is 1.30. The van der Waals surface area contributed by atoms with E-state index in [1.54, 1.807) is 0 Å². The monoisotopic (exact) mass is 232 g/mol. The third-order valence-corrected chi connectivity index (χ3v) is 2.38. The quantitative estimate of drug-likeness (QED) is 0.718. The van der Waals surface area contributed by atoms with Crippen molar-refractivity contribution in [3.05, 3.63) is 0 Å². The van der Waals surface area contributed by atoms with Gasteiger partial charge in [0, 0.05) is 19.1 Å². The highest BCUT2D eigenvalue weighted by atomic mass is 32.2. The van der Waals surface area contributed by atoms with Crippen LogP contribution in [0.2, 0.25) is 0 Å². The van der Waals surface area contributed by atoms with Crippen LogP contribution < -0.4 is 0 Å². The summed E-state index contributed by atoms with van der Waals surface area (Å²) >= 11 is 0. The van der Waals surface area contributed by atoms with Gasteiger partial charge in [0.2, 0.25) is 0 Å². The third-order valence-electron chi connectivity index (χ3n) is 1.44. The lowest BCUT2D eigenvalue weighted by Gasteiger charge is -2.04. The van der Waals surface area contributed by atoms with Gasteiger partial charge in [0.05, 0.1) is 12.2 Å². The van der Waals surface area contributed by atoms with Crippen molar-refractivity contribution in [1.29, 1.82) is 0 Å². The SMILES string of the molecule is CS(=O)(=O)CCC(=O)CCC(F)(F)F. The molecular formula is C7H11F3O3S. The zero-order valence-corrected chi connectivity index (χ0v) is 8.41. The lowest BCUT2D eigenvalue weighted by Crippen LogP contribution is -2.13. The van der Waals surface area contributed by atoms with Gasteiger partial charge in [-0.05, 0) is 0 Å². The van der Waals surface area contributed by atoms with Gasteiger partial charge in [-0.2, -0.15) is 13.2 Å². The molecule has 3 nitrogen and oxygen atoms in total. The predicted octanol–water partition coefficient (Wildman–Crippen LogP) is 1.33. The van der Waals surface area contributed by atoms with Crippen LogP contribution in [-0.4, -0.2) is 32.4 Å². The van der Waals surface area contributed by atoms with E-state index in [0.29, 0.717) is 0 Å². The summed E-state index contributed by atoms with van der Waals surface area (Å²) in [5, 5.41) is 0. The van der Waals surface area contributed by atoms with Gasteiger partial charge in [0.25, 0.3) is 0 Å². The fourth-order valence-electron chi connectivity index (χ4n) is 0.705. The Balaban J connectivity index is 3.79. The number of halogens is 3. The summed E-state index contributed by atoms with van der Waals surface area (Å²) in [5.74, 6) is -1.06. The van der Waals surface area contributed by atoms with Crippen molar-refractivity contribution in [1.82, 2.24) is 0 Å². The molecule has 0 rings (SSSR count). The number of carbonyl (C=O) groups is 1. The minimum atomic E-state index is -4.36. The number of rotatable bonds is 5. The fraction of sp³-hybridized carbons (Fsp3) is 0.857. The molecule has 0 N–H and O–H groups in total. The van der Waals surface area contributed by atoms with E-state index >= 15 is 0 Å². The van der Waals surface area contributed by atoms with Gasteiger partial charge < -0.3 is 0 Å². The molecule has 84 valence electrons. The van der Waals surface area contributed by atoms with Crippen LogP contribution in [0.4, 0.5) is 13.2 Å². The molecule has 0 atom stereocenters. The Morgan fingerprint density at radius 3 is 2.07 bits per heavy atom. The first-order valence-electron chi connectivity index (χ1n) is 3.86. The van der Waals surface area contributed by atoms with E-state index in [1.807, 2.05) is 0 Å². The lowest BCUT2D eigenvalue weighted by molar-refractivity contribution is -0.143. The standard InChI is InChI=1S/C7H11F3O3S/c1-14(12,13)5-3-6(11)2-4-7(8,9)10/h2-5H2,1H3. The third kappa shape index (κ3) is 9.50. The van der Waals surface area contributed by atoms with Crippen LogP contribution in [0.25, 0.3) is 0 Å². The number of hydrogen-bond donors (Lipinski definition) is 0. The molecule has 0 aromatic rings. The van der Waals surface area contributed by atoms with Crippen LogP contribution in [0.3, 0.4) is 0 Å². The smallest absolute Gasteiger partial charge is 0.300 e. The minimum absolute atomic E-state index is 0.338. The molecule has 0 bridgehead atoms. The van der Waals surface area contributed by atoms with Crippen molar-refractivity contribution in [3.63, 3.8) is 0 Å². The van der Waals surface area contributed by atoms with Crippen molar-refractivity contribution in [2.75, 3.05) is 12.0 Å². The Hall–Kier alpha value is -0.590. The van der Waals surface area contributed by atoms with Crippen LogP contribution in [0.1, 0.15) is 19.3 Å². The van der Waals surface area contributed by atoms with E-state index in [9.17, 15) is 26.4 Å². The summed E-state index contributed by atoms with van der Waals surface area (Å²) in [7, 11) is -3.28. The van der Waals surface area contributed by atoms with Crippen LogP contribution in [0, 0.1) is 0 Å². The molecule has 0 saturated carbocycles. The zero-order valence-electron chi connectivity index (χ0n) is 7.60. The first-order chi connectivity index (χ1) is 6.10. The Bertz CT molecular complexity index is 292. The first-order valence-corrected chi connectivity index (χ1v) is 5.92. The number of alkyl halides is 3. The molecule has 0 aromatic carbocycles. The maximum absolute atomic E-state index is 11.6. The Kier molecular flexibility index (Phi) is 4.57. The van der Waals surface area contributed by atoms with E-state index in [2.05, 4.69) is 0 Å². The van der Waals surface area contributed by atoms with Gasteiger partial charge in [-0.25, -0.2) is 8.42 Å². The molecule has 0 radical (unpaired) electrons. The number of Topliss-reactive ketones (excluding diaryl/α,β-unsaturated/α-hetero) is 1. The van der Waals surface area contributed by atoms with E-state index in [0.717, 1.165) is 6.26 Å². The van der Waals surface area contributed by atoms with Gasteiger partial charge in [-0.15, -0.1) is 0 Å². The van der Waals surface area contributed by atoms with Gasteiger partial charge >= 0.3 is 6.18 Å². The Labute approximate surface area is 80.2 Å². The van der Waals surface area contributed by atoms with Crippen molar-refractivity contribution < 1.29 is 26.4 Å². The summed E-state index contributed by atoms with van der Waals surface area (Å²) in [6, 6.07) is 0. The maximum Gasteiger partial charge on any atom is 0.389 e. The van der Waals surface area contributed by atoms with E-state index in [-0.39, 0.29) is 12.2 Å². The molecule has 7 heteroatoms. The summed E-state index contributed by atoms with van der Waals surface area (Å²) in [4.78, 5) is 10.8. The first kappa shape index (κ1) is 13.4. The van der Waals surface area contributed by atoms with E-state index in [4.69, 9.17) is 0 Å². The summed E-state index contributed by atoms with van der Waals surface area (Å²) in [6.07, 6.45) is -5.59. The van der Waals surface area contributed by atoms with Crippen molar-refractivity contribution in [2.45, 2.75) is 25.4 Å². The maximum atomic E-state index is 11.6. The highest BCUT2D eigenvalue weighted by Gasteiger charge is 2.27. The second-order valence-electron chi connectivity index (χ2n) is 3.03. The lowest BCUT2D eigenvalue weighted by atomic mass is 10.2.